The quantitative estimate of drug-likeness (QED) is 0.336. The van der Waals surface area contributed by atoms with Gasteiger partial charge in [0.05, 0.1) is 29.4 Å². The Morgan fingerprint density at radius 3 is 2.69 bits per heavy atom. The Labute approximate surface area is 208 Å². The summed E-state index contributed by atoms with van der Waals surface area (Å²) in [4.78, 5) is 30.8. The van der Waals surface area contributed by atoms with E-state index in [1.807, 2.05) is 59.9 Å². The maximum Gasteiger partial charge on any atom is 0.267 e. The smallest absolute Gasteiger partial charge is 0.267 e. The first kappa shape index (κ1) is 22.1. The van der Waals surface area contributed by atoms with Gasteiger partial charge < -0.3 is 4.74 Å². The lowest BCUT2D eigenvalue weighted by molar-refractivity contribution is 0.414. The molecule has 0 amide bonds. The number of benzene rings is 2. The van der Waals surface area contributed by atoms with Gasteiger partial charge in [-0.25, -0.2) is 9.55 Å². The highest BCUT2D eigenvalue weighted by Crippen LogP contribution is 2.26. The molecule has 0 fully saturated rings. The third-order valence-electron chi connectivity index (χ3n) is 5.92. The van der Waals surface area contributed by atoms with Gasteiger partial charge in [-0.15, -0.1) is 10.2 Å². The van der Waals surface area contributed by atoms with Gasteiger partial charge in [-0.05, 0) is 42.8 Å². The number of fused-ring (bicyclic) bond motifs is 4. The third-order valence-corrected chi connectivity index (χ3v) is 6.88. The van der Waals surface area contributed by atoms with E-state index in [4.69, 9.17) is 4.74 Å². The molecule has 0 saturated heterocycles. The van der Waals surface area contributed by atoms with Crippen LogP contribution in [0.25, 0.3) is 28.0 Å². The minimum absolute atomic E-state index is 0.136. The van der Waals surface area contributed by atoms with Gasteiger partial charge in [0.2, 0.25) is 5.78 Å². The molecule has 0 aliphatic carbocycles. The molecule has 0 saturated carbocycles. The van der Waals surface area contributed by atoms with E-state index in [0.717, 1.165) is 5.56 Å². The first-order valence-electron chi connectivity index (χ1n) is 11.2. The van der Waals surface area contributed by atoms with E-state index in [0.29, 0.717) is 50.4 Å². The topological polar surface area (TPSA) is 95.8 Å². The first-order valence-corrected chi connectivity index (χ1v) is 12.2. The lowest BCUT2D eigenvalue weighted by Gasteiger charge is -2.12. The average Bonchev–Trinajstić information content (AvgIpc) is 3.32. The van der Waals surface area contributed by atoms with Crippen molar-refractivity contribution >= 4 is 34.1 Å². The van der Waals surface area contributed by atoms with Crippen molar-refractivity contribution in [2.45, 2.75) is 17.8 Å². The monoisotopic (exact) mass is 496 g/mol. The second-order valence-electron chi connectivity index (χ2n) is 8.29. The Kier molecular flexibility index (Phi) is 5.30. The Morgan fingerprint density at radius 2 is 1.83 bits per heavy atom. The molecular weight excluding hydrogens is 476 g/mol. The average molecular weight is 497 g/mol. The molecule has 4 heterocycles. The molecule has 4 aromatic heterocycles. The van der Waals surface area contributed by atoms with Crippen LogP contribution in [-0.4, -0.2) is 35.7 Å². The maximum absolute atomic E-state index is 13.5. The molecule has 2 aromatic carbocycles. The maximum atomic E-state index is 13.5. The number of para-hydroxylation sites is 1. The molecule has 6 rings (SSSR count). The fraction of sp³-hybridized carbons (Fsp3) is 0.115. The number of hydrogen-bond donors (Lipinski definition) is 0. The van der Waals surface area contributed by atoms with E-state index in [2.05, 4.69) is 15.2 Å². The Bertz CT molecular complexity index is 1910. The van der Waals surface area contributed by atoms with Gasteiger partial charge >= 0.3 is 0 Å². The second kappa shape index (κ2) is 8.65. The number of hydrogen-bond acceptors (Lipinski definition) is 7. The molecule has 6 aromatic rings. The highest BCUT2D eigenvalue weighted by Gasteiger charge is 2.18. The van der Waals surface area contributed by atoms with Crippen molar-refractivity contribution in [2.75, 3.05) is 7.11 Å². The standard InChI is InChI=1S/C26H20N6O3S/c1-16-10-11-22-27-17(12-23(33)30(22)14-16)15-36-26-29-28-25-31(18-6-5-7-19(13-18)35-2)24(34)20-8-3-4-9-21(20)32(25)26/h3-14H,15H2,1-2H3. The van der Waals surface area contributed by atoms with Crippen LogP contribution in [0.4, 0.5) is 0 Å². The van der Waals surface area contributed by atoms with E-state index in [-0.39, 0.29) is 11.1 Å². The van der Waals surface area contributed by atoms with Crippen molar-refractivity contribution in [3.8, 4) is 11.4 Å². The highest BCUT2D eigenvalue weighted by atomic mass is 32.2. The van der Waals surface area contributed by atoms with Gasteiger partial charge in [0.1, 0.15) is 11.4 Å². The largest absolute Gasteiger partial charge is 0.497 e. The minimum atomic E-state index is -0.199. The number of nitrogens with zero attached hydrogens (tertiary/aromatic N) is 6. The fourth-order valence-electron chi connectivity index (χ4n) is 4.23. The van der Waals surface area contributed by atoms with Gasteiger partial charge in [-0.2, -0.15) is 0 Å². The fourth-order valence-corrected chi connectivity index (χ4v) is 5.06. The van der Waals surface area contributed by atoms with E-state index < -0.39 is 0 Å². The minimum Gasteiger partial charge on any atom is -0.497 e. The molecule has 0 spiro atoms. The zero-order valence-corrected chi connectivity index (χ0v) is 20.3. The van der Waals surface area contributed by atoms with Crippen molar-refractivity contribution in [3.63, 3.8) is 0 Å². The molecule has 178 valence electrons. The molecular formula is C26H20N6O3S. The number of thioether (sulfide) groups is 1. The number of pyridine rings is 1. The van der Waals surface area contributed by atoms with Crippen LogP contribution in [0.1, 0.15) is 11.3 Å². The summed E-state index contributed by atoms with van der Waals surface area (Å²) in [5, 5.41) is 9.90. The Hall–Kier alpha value is -4.44. The van der Waals surface area contributed by atoms with Gasteiger partial charge in [0.15, 0.2) is 5.16 Å². The molecule has 10 heteroatoms. The number of methoxy groups -OCH3 is 1. The van der Waals surface area contributed by atoms with Crippen LogP contribution in [0, 0.1) is 6.92 Å². The van der Waals surface area contributed by atoms with Crippen LogP contribution < -0.4 is 15.9 Å². The number of ether oxygens (including phenoxy) is 1. The van der Waals surface area contributed by atoms with Crippen molar-refractivity contribution in [2.24, 2.45) is 0 Å². The van der Waals surface area contributed by atoms with E-state index >= 15 is 0 Å². The van der Waals surface area contributed by atoms with Crippen LogP contribution in [0.2, 0.25) is 0 Å². The van der Waals surface area contributed by atoms with Gasteiger partial charge in [0, 0.05) is 24.1 Å². The number of rotatable bonds is 5. The Morgan fingerprint density at radius 1 is 0.972 bits per heavy atom. The van der Waals surface area contributed by atoms with Gasteiger partial charge in [-0.1, -0.05) is 36.0 Å². The second-order valence-corrected chi connectivity index (χ2v) is 9.23. The predicted octanol–water partition coefficient (Wildman–Crippen LogP) is 3.65. The van der Waals surface area contributed by atoms with Crippen LogP contribution >= 0.6 is 11.8 Å². The summed E-state index contributed by atoms with van der Waals surface area (Å²) >= 11 is 1.40. The molecule has 0 atom stereocenters. The van der Waals surface area contributed by atoms with Crippen molar-refractivity contribution in [1.29, 1.82) is 0 Å². The van der Waals surface area contributed by atoms with E-state index in [1.54, 1.807) is 25.4 Å². The van der Waals surface area contributed by atoms with Crippen molar-refractivity contribution in [1.82, 2.24) is 28.5 Å². The van der Waals surface area contributed by atoms with Crippen LogP contribution in [0.3, 0.4) is 0 Å². The summed E-state index contributed by atoms with van der Waals surface area (Å²) in [7, 11) is 1.58. The summed E-state index contributed by atoms with van der Waals surface area (Å²) < 4.78 is 10.3. The zero-order chi connectivity index (χ0) is 24.8. The molecule has 9 nitrogen and oxygen atoms in total. The van der Waals surface area contributed by atoms with E-state index in [9.17, 15) is 9.59 Å². The highest BCUT2D eigenvalue weighted by molar-refractivity contribution is 7.98. The van der Waals surface area contributed by atoms with Crippen LogP contribution in [-0.2, 0) is 5.75 Å². The lowest BCUT2D eigenvalue weighted by atomic mass is 10.2. The number of aryl methyl sites for hydroxylation is 1. The summed E-state index contributed by atoms with van der Waals surface area (Å²) in [5.74, 6) is 1.42. The van der Waals surface area contributed by atoms with Gasteiger partial charge in [0.25, 0.3) is 11.1 Å². The summed E-state index contributed by atoms with van der Waals surface area (Å²) in [6.45, 7) is 1.93. The Balaban J connectivity index is 1.48. The first-order chi connectivity index (χ1) is 17.5. The predicted molar refractivity (Wildman–Crippen MR) is 138 cm³/mol. The summed E-state index contributed by atoms with van der Waals surface area (Å²) in [6, 6.07) is 19.9. The summed E-state index contributed by atoms with van der Waals surface area (Å²) in [5.41, 5.74) is 3.20. The van der Waals surface area contributed by atoms with Crippen molar-refractivity contribution in [3.05, 3.63) is 105 Å². The molecule has 0 unspecified atom stereocenters. The van der Waals surface area contributed by atoms with Crippen LogP contribution in [0.5, 0.6) is 5.75 Å². The normalized spacial score (nSPS) is 11.5. The number of aromatic nitrogens is 6. The summed E-state index contributed by atoms with van der Waals surface area (Å²) in [6.07, 6.45) is 1.78. The molecule has 0 aliphatic heterocycles. The van der Waals surface area contributed by atoms with Crippen molar-refractivity contribution < 1.29 is 4.74 Å². The lowest BCUT2D eigenvalue weighted by Crippen LogP contribution is -2.21. The van der Waals surface area contributed by atoms with E-state index in [1.165, 1.54) is 26.8 Å². The molecule has 36 heavy (non-hydrogen) atoms. The SMILES string of the molecule is COc1cccc(-n2c(=O)c3ccccc3n3c(SCc4cc(=O)n5cc(C)ccc5n4)nnc23)c1. The molecule has 0 bridgehead atoms. The third kappa shape index (κ3) is 3.62. The van der Waals surface area contributed by atoms with Gasteiger partial charge in [-0.3, -0.25) is 18.4 Å². The van der Waals surface area contributed by atoms with Crippen LogP contribution in [0.15, 0.2) is 87.7 Å². The molecule has 0 N–H and O–H groups in total. The molecule has 0 aliphatic rings. The molecule has 0 radical (unpaired) electrons. The zero-order valence-electron chi connectivity index (χ0n) is 19.5.